The fourth-order valence-electron chi connectivity index (χ4n) is 0. The van der Waals surface area contributed by atoms with Crippen LogP contribution in [0, 0.1) is 0 Å². The molecule has 0 unspecified atom stereocenters. The molecule has 0 aromatic heterocycles. The summed E-state index contributed by atoms with van der Waals surface area (Å²) in [6, 6.07) is 0. The van der Waals surface area contributed by atoms with Gasteiger partial charge in [-0.25, -0.2) is 0 Å². The third-order valence-electron chi connectivity index (χ3n) is 0. The molecule has 0 saturated heterocycles. The first kappa shape index (κ1) is 9.70. The Kier molecular flexibility index (Phi) is 22.0. The molecule has 0 aromatic carbocycles. The maximum atomic E-state index is 3.26. The fourth-order valence-corrected chi connectivity index (χ4v) is 0. The van der Waals surface area contributed by atoms with Crippen molar-refractivity contribution in [1.82, 2.24) is 0 Å². The Morgan fingerprint density at radius 1 is 1.25 bits per heavy atom. The van der Waals surface area contributed by atoms with Gasteiger partial charge >= 0.3 is 62.2 Å². The van der Waals surface area contributed by atoms with Crippen LogP contribution in [0.4, 0.5) is 0 Å². The summed E-state index contributed by atoms with van der Waals surface area (Å²) in [6.07, 6.45) is 0. The van der Waals surface area contributed by atoms with Gasteiger partial charge in [0.05, 0.1) is 0 Å². The number of hydrogen-bond acceptors (Lipinski definition) is 0. The Morgan fingerprint density at radius 3 is 1.25 bits per heavy atom. The van der Waals surface area contributed by atoms with Gasteiger partial charge in [-0.05, 0) is 0 Å². The quantitative estimate of drug-likeness (QED) is 0.546. The maximum absolute atomic E-state index is 3.26. The normalized spacial score (nSPS) is 4.50. The van der Waals surface area contributed by atoms with Gasteiger partial charge in [0.2, 0.25) is 0 Å². The average Bonchev–Trinajstić information content (AvgIpc) is 0.918. The van der Waals surface area contributed by atoms with E-state index in [9.17, 15) is 0 Å². The zero-order valence-electron chi connectivity index (χ0n) is 1.26. The molecule has 20 valence electrons. The van der Waals surface area contributed by atoms with E-state index in [1.54, 1.807) is 0 Å². The van der Waals surface area contributed by atoms with Gasteiger partial charge in [0.25, 0.3) is 0 Å². The van der Waals surface area contributed by atoms with E-state index < -0.39 is 0 Å². The molecule has 0 N–H and O–H groups in total. The molecule has 0 aliphatic carbocycles. The van der Waals surface area contributed by atoms with Gasteiger partial charge in [-0.3, -0.25) is 0 Å². The molecule has 0 bridgehead atoms. The third-order valence-corrected chi connectivity index (χ3v) is 0. The number of halogens is 2. The van der Waals surface area contributed by atoms with E-state index in [0.717, 1.165) is 0 Å². The molecular weight excluding hydrogens is 374 g/mol. The molecule has 0 aliphatic heterocycles. The van der Waals surface area contributed by atoms with Crippen molar-refractivity contribution in [2.75, 3.05) is 0 Å². The Balaban J connectivity index is 0. The second-order valence-electron chi connectivity index (χ2n) is 0.0714. The molecule has 4 heteroatoms. The van der Waals surface area contributed by atoms with E-state index in [1.165, 1.54) is 0 Å². The van der Waals surface area contributed by atoms with Crippen LogP contribution in [0.5, 0.6) is 0 Å². The van der Waals surface area contributed by atoms with Crippen LogP contribution < -0.4 is 0 Å². The van der Waals surface area contributed by atoms with Crippen LogP contribution in [-0.4, -0.2) is 38.3 Å². The fraction of sp³-hybridized carbons (Fsp3) is 0. The standard InChI is InChI=1S/2BrH.Li.Pb.H/h2*1H;;;/q;;;+2;/p-2. The monoisotopic (exact) mass is 374 g/mol. The molecule has 0 rings (SSSR count). The van der Waals surface area contributed by atoms with E-state index >= 15 is 0 Å². The Morgan fingerprint density at radius 2 is 1.25 bits per heavy atom. The summed E-state index contributed by atoms with van der Waals surface area (Å²) >= 11 is 6.22. The first-order chi connectivity index (χ1) is 1.41. The van der Waals surface area contributed by atoms with Gasteiger partial charge in [-0.1, -0.05) is 0 Å². The minimum atomic E-state index is -0.292. The number of rotatable bonds is 0. The summed E-state index contributed by atoms with van der Waals surface area (Å²) < 4.78 is 0. The molecular formula is HBr2LiPb. The van der Waals surface area contributed by atoms with Gasteiger partial charge in [-0.15, -0.1) is 0 Å². The Labute approximate surface area is 61.1 Å². The van der Waals surface area contributed by atoms with E-state index in [-0.39, 0.29) is 38.3 Å². The van der Waals surface area contributed by atoms with Crippen LogP contribution in [0.15, 0.2) is 0 Å². The van der Waals surface area contributed by atoms with E-state index in [2.05, 4.69) is 24.0 Å². The molecule has 0 saturated carbocycles. The Hall–Kier alpha value is 2.48. The zero-order chi connectivity index (χ0) is 2.71. The van der Waals surface area contributed by atoms with Crippen molar-refractivity contribution in [3.05, 3.63) is 0 Å². The molecule has 0 aromatic rings. The van der Waals surface area contributed by atoms with Gasteiger partial charge in [-0.2, -0.15) is 0 Å². The van der Waals surface area contributed by atoms with Crippen molar-refractivity contribution >= 4 is 62.2 Å². The minimum absolute atomic E-state index is 0. The molecule has 2 radical (unpaired) electrons. The van der Waals surface area contributed by atoms with Crippen LogP contribution in [0.2, 0.25) is 0 Å². The van der Waals surface area contributed by atoms with Crippen LogP contribution in [0.3, 0.4) is 0 Å². The summed E-state index contributed by atoms with van der Waals surface area (Å²) in [5, 5.41) is 0. The molecule has 0 heterocycles. The second kappa shape index (κ2) is 9.08. The molecule has 0 nitrogen and oxygen atoms in total. The van der Waals surface area contributed by atoms with Crippen LogP contribution in [0.25, 0.3) is 0 Å². The Bertz CT molecular complexity index is 6.00. The van der Waals surface area contributed by atoms with Gasteiger partial charge in [0.15, 0.2) is 0 Å². The first-order valence-electron chi connectivity index (χ1n) is 0.378. The van der Waals surface area contributed by atoms with Gasteiger partial charge in [0.1, 0.15) is 0 Å². The first-order valence-corrected chi connectivity index (χ1v) is 17.2. The molecule has 0 spiro atoms. The summed E-state index contributed by atoms with van der Waals surface area (Å²) in [7, 11) is 0. The van der Waals surface area contributed by atoms with E-state index in [0.29, 0.717) is 0 Å². The average molecular weight is 375 g/mol. The predicted octanol–water partition coefficient (Wildman–Crippen LogP) is 0.662. The van der Waals surface area contributed by atoms with Crippen molar-refractivity contribution in [3.63, 3.8) is 0 Å². The van der Waals surface area contributed by atoms with Crippen molar-refractivity contribution in [1.29, 1.82) is 0 Å². The van der Waals surface area contributed by atoms with Crippen molar-refractivity contribution in [2.45, 2.75) is 0 Å². The van der Waals surface area contributed by atoms with Crippen molar-refractivity contribution in [3.8, 4) is 0 Å². The van der Waals surface area contributed by atoms with Crippen molar-refractivity contribution < 1.29 is 0 Å². The second-order valence-corrected chi connectivity index (χ2v) is 16.9. The van der Waals surface area contributed by atoms with Crippen LogP contribution >= 0.6 is 24.0 Å². The zero-order valence-corrected chi connectivity index (χ0v) is 8.32. The SMILES string of the molecule is [Br][Pb][Br].[LiH]. The van der Waals surface area contributed by atoms with E-state index in [4.69, 9.17) is 0 Å². The summed E-state index contributed by atoms with van der Waals surface area (Å²) in [5.74, 6) is 0. The molecule has 0 amide bonds. The van der Waals surface area contributed by atoms with Crippen LogP contribution in [-0.2, 0) is 0 Å². The summed E-state index contributed by atoms with van der Waals surface area (Å²) in [5.41, 5.74) is 0. The molecule has 4 heavy (non-hydrogen) atoms. The third kappa shape index (κ3) is 8.82. The van der Waals surface area contributed by atoms with E-state index in [1.807, 2.05) is 0 Å². The van der Waals surface area contributed by atoms with Crippen molar-refractivity contribution in [2.24, 2.45) is 0 Å². The van der Waals surface area contributed by atoms with Crippen LogP contribution in [0.1, 0.15) is 0 Å². The molecule has 0 aliphatic rings. The predicted molar refractivity (Wildman–Crippen MR) is 30.8 cm³/mol. The summed E-state index contributed by atoms with van der Waals surface area (Å²) in [6.45, 7) is 0. The van der Waals surface area contributed by atoms with Gasteiger partial charge < -0.3 is 0 Å². The molecule has 0 atom stereocenters. The number of hydrogen-bond donors (Lipinski definition) is 0. The van der Waals surface area contributed by atoms with Gasteiger partial charge in [0, 0.05) is 0 Å². The summed E-state index contributed by atoms with van der Waals surface area (Å²) in [4.78, 5) is 0. The topological polar surface area (TPSA) is 0 Å². The molecule has 0 fully saturated rings.